The molecule has 0 aromatic rings. The van der Waals surface area contributed by atoms with Crippen LogP contribution in [0.1, 0.15) is 46.0 Å². The van der Waals surface area contributed by atoms with Crippen LogP contribution in [0.15, 0.2) is 0 Å². The number of nitrogens with one attached hydrogen (secondary N) is 1. The van der Waals surface area contributed by atoms with E-state index >= 15 is 0 Å². The zero-order valence-corrected chi connectivity index (χ0v) is 12.8. The van der Waals surface area contributed by atoms with Crippen molar-refractivity contribution in [3.8, 4) is 0 Å². The number of piperidine rings is 1. The number of hydrogen-bond acceptors (Lipinski definition) is 4. The Morgan fingerprint density at radius 3 is 2.80 bits per heavy atom. The first-order valence-electron chi connectivity index (χ1n) is 7.86. The molecule has 1 saturated heterocycles. The lowest BCUT2D eigenvalue weighted by atomic mass is 9.89. The van der Waals surface area contributed by atoms with Crippen molar-refractivity contribution in [2.45, 2.75) is 58.0 Å². The van der Waals surface area contributed by atoms with E-state index < -0.39 is 5.97 Å². The monoisotopic (exact) mass is 286 g/mol. The van der Waals surface area contributed by atoms with Gasteiger partial charge in [-0.1, -0.05) is 6.92 Å². The van der Waals surface area contributed by atoms with Crippen LogP contribution in [0.5, 0.6) is 0 Å². The Hall–Kier alpha value is -0.650. The van der Waals surface area contributed by atoms with Crippen LogP contribution >= 0.6 is 0 Å². The van der Waals surface area contributed by atoms with Crippen molar-refractivity contribution in [2.24, 2.45) is 5.92 Å². The van der Waals surface area contributed by atoms with Crippen molar-refractivity contribution >= 4 is 5.97 Å². The van der Waals surface area contributed by atoms with E-state index in [1.165, 1.54) is 0 Å². The molecule has 1 aliphatic heterocycles. The van der Waals surface area contributed by atoms with E-state index in [0.29, 0.717) is 18.0 Å². The Labute approximate surface area is 122 Å². The van der Waals surface area contributed by atoms with E-state index in [2.05, 4.69) is 24.1 Å². The zero-order chi connectivity index (χ0) is 15.0. The lowest BCUT2D eigenvalue weighted by molar-refractivity contribution is -0.137. The maximum absolute atomic E-state index is 10.7. The molecule has 0 aromatic heterocycles. The lowest BCUT2D eigenvalue weighted by Crippen LogP contribution is -2.52. The second-order valence-electron chi connectivity index (χ2n) is 5.97. The van der Waals surface area contributed by atoms with Gasteiger partial charge in [-0.3, -0.25) is 9.69 Å². The van der Waals surface area contributed by atoms with Gasteiger partial charge in [0.1, 0.15) is 0 Å². The maximum Gasteiger partial charge on any atom is 0.303 e. The molecule has 0 saturated carbocycles. The first kappa shape index (κ1) is 17.4. The number of aliphatic carboxylic acids is 1. The molecule has 118 valence electrons. The number of rotatable bonds is 9. The molecule has 0 aliphatic carbocycles. The zero-order valence-electron chi connectivity index (χ0n) is 12.8. The van der Waals surface area contributed by atoms with E-state index in [1.54, 1.807) is 0 Å². The first-order valence-corrected chi connectivity index (χ1v) is 7.86. The SMILES string of the molecule is CCC(C)N1CC(CCC(=O)O)CC(NCCCO)C1. The highest BCUT2D eigenvalue weighted by atomic mass is 16.4. The number of aliphatic hydroxyl groups excluding tert-OH is 1. The summed E-state index contributed by atoms with van der Waals surface area (Å²) in [5, 5.41) is 21.2. The molecule has 1 rings (SSSR count). The summed E-state index contributed by atoms with van der Waals surface area (Å²) in [5.74, 6) is -0.240. The van der Waals surface area contributed by atoms with E-state index in [0.717, 1.165) is 45.3 Å². The maximum atomic E-state index is 10.7. The van der Waals surface area contributed by atoms with Gasteiger partial charge in [0, 0.05) is 38.2 Å². The minimum absolute atomic E-state index is 0.219. The molecule has 0 radical (unpaired) electrons. The van der Waals surface area contributed by atoms with Crippen LogP contribution in [0.25, 0.3) is 0 Å². The smallest absolute Gasteiger partial charge is 0.303 e. The number of nitrogens with zero attached hydrogens (tertiary/aromatic N) is 1. The summed E-state index contributed by atoms with van der Waals surface area (Å²) in [6.45, 7) is 7.53. The molecule has 20 heavy (non-hydrogen) atoms. The highest BCUT2D eigenvalue weighted by Gasteiger charge is 2.29. The highest BCUT2D eigenvalue weighted by Crippen LogP contribution is 2.23. The summed E-state index contributed by atoms with van der Waals surface area (Å²) in [6.07, 6.45) is 3.98. The van der Waals surface area contributed by atoms with Gasteiger partial charge in [0.05, 0.1) is 0 Å². The molecule has 0 amide bonds. The van der Waals surface area contributed by atoms with Crippen LogP contribution in [0, 0.1) is 5.92 Å². The van der Waals surface area contributed by atoms with Gasteiger partial charge in [0.15, 0.2) is 0 Å². The number of carbonyl (C=O) groups is 1. The topological polar surface area (TPSA) is 72.8 Å². The lowest BCUT2D eigenvalue weighted by Gasteiger charge is -2.41. The molecule has 5 heteroatoms. The first-order chi connectivity index (χ1) is 9.56. The molecule has 3 unspecified atom stereocenters. The van der Waals surface area contributed by atoms with Gasteiger partial charge < -0.3 is 15.5 Å². The van der Waals surface area contributed by atoms with Crippen LogP contribution in [-0.2, 0) is 4.79 Å². The molecule has 1 fully saturated rings. The quantitative estimate of drug-likeness (QED) is 0.557. The molecule has 0 bridgehead atoms. The van der Waals surface area contributed by atoms with E-state index in [-0.39, 0.29) is 13.0 Å². The molecule has 1 aliphatic rings. The Kier molecular flexibility index (Phi) is 8.11. The average Bonchev–Trinajstić information content (AvgIpc) is 2.44. The Bertz CT molecular complexity index is 286. The van der Waals surface area contributed by atoms with Crippen molar-refractivity contribution in [2.75, 3.05) is 26.2 Å². The number of carboxylic acids is 1. The van der Waals surface area contributed by atoms with E-state index in [9.17, 15) is 4.79 Å². The summed E-state index contributed by atoms with van der Waals surface area (Å²) in [7, 11) is 0. The molecule has 1 heterocycles. The van der Waals surface area contributed by atoms with Crippen molar-refractivity contribution in [1.29, 1.82) is 0 Å². The van der Waals surface area contributed by atoms with Gasteiger partial charge >= 0.3 is 5.97 Å². The standard InChI is InChI=1S/C15H30N2O3/c1-3-12(2)17-10-13(5-6-15(19)20)9-14(11-17)16-7-4-8-18/h12-14,16,18H,3-11H2,1-2H3,(H,19,20). The third-order valence-corrected chi connectivity index (χ3v) is 4.31. The minimum atomic E-state index is -0.699. The third kappa shape index (κ3) is 6.20. The van der Waals surface area contributed by atoms with Crippen molar-refractivity contribution in [3.63, 3.8) is 0 Å². The molecule has 5 nitrogen and oxygen atoms in total. The van der Waals surface area contributed by atoms with Crippen LogP contribution in [0.3, 0.4) is 0 Å². The summed E-state index contributed by atoms with van der Waals surface area (Å²) in [4.78, 5) is 13.2. The largest absolute Gasteiger partial charge is 0.481 e. The highest BCUT2D eigenvalue weighted by molar-refractivity contribution is 5.66. The predicted molar refractivity (Wildman–Crippen MR) is 79.8 cm³/mol. The van der Waals surface area contributed by atoms with Gasteiger partial charge in [-0.25, -0.2) is 0 Å². The fourth-order valence-electron chi connectivity index (χ4n) is 2.93. The van der Waals surface area contributed by atoms with Crippen LogP contribution in [-0.4, -0.2) is 59.4 Å². The molecule has 0 aromatic carbocycles. The summed E-state index contributed by atoms with van der Waals surface area (Å²) in [6, 6.07) is 0.966. The van der Waals surface area contributed by atoms with Gasteiger partial charge in [-0.2, -0.15) is 0 Å². The summed E-state index contributed by atoms with van der Waals surface area (Å²) < 4.78 is 0. The second-order valence-corrected chi connectivity index (χ2v) is 5.97. The second kappa shape index (κ2) is 9.32. The number of carboxylic acid groups (broad SMARTS) is 1. The Balaban J connectivity index is 2.50. The average molecular weight is 286 g/mol. The number of hydrogen-bond donors (Lipinski definition) is 3. The molecule has 3 atom stereocenters. The predicted octanol–water partition coefficient (Wildman–Crippen LogP) is 1.31. The van der Waals surface area contributed by atoms with E-state index in [4.69, 9.17) is 10.2 Å². The van der Waals surface area contributed by atoms with E-state index in [1.807, 2.05) is 0 Å². The summed E-state index contributed by atoms with van der Waals surface area (Å²) in [5.41, 5.74) is 0. The Morgan fingerprint density at radius 1 is 1.45 bits per heavy atom. The molecular formula is C15H30N2O3. The Morgan fingerprint density at radius 2 is 2.20 bits per heavy atom. The molecule has 3 N–H and O–H groups in total. The van der Waals surface area contributed by atoms with Gasteiger partial charge in [-0.05, 0) is 45.1 Å². The van der Waals surface area contributed by atoms with Crippen LogP contribution in [0.2, 0.25) is 0 Å². The van der Waals surface area contributed by atoms with Crippen LogP contribution < -0.4 is 5.32 Å². The fraction of sp³-hybridized carbons (Fsp3) is 0.933. The molecular weight excluding hydrogens is 256 g/mol. The normalized spacial score (nSPS) is 25.6. The van der Waals surface area contributed by atoms with Gasteiger partial charge in [-0.15, -0.1) is 0 Å². The van der Waals surface area contributed by atoms with Crippen molar-refractivity contribution in [1.82, 2.24) is 10.2 Å². The van der Waals surface area contributed by atoms with Crippen molar-refractivity contribution in [3.05, 3.63) is 0 Å². The number of likely N-dealkylation sites (tertiary alicyclic amines) is 1. The number of aliphatic hydroxyl groups is 1. The third-order valence-electron chi connectivity index (χ3n) is 4.31. The van der Waals surface area contributed by atoms with Gasteiger partial charge in [0.25, 0.3) is 0 Å². The molecule has 0 spiro atoms. The van der Waals surface area contributed by atoms with Crippen LogP contribution in [0.4, 0.5) is 0 Å². The summed E-state index contributed by atoms with van der Waals surface area (Å²) >= 11 is 0. The van der Waals surface area contributed by atoms with Gasteiger partial charge in [0.2, 0.25) is 0 Å². The van der Waals surface area contributed by atoms with Crippen molar-refractivity contribution < 1.29 is 15.0 Å². The fourth-order valence-corrected chi connectivity index (χ4v) is 2.93. The minimum Gasteiger partial charge on any atom is -0.481 e.